The van der Waals surface area contributed by atoms with E-state index in [9.17, 15) is 9.59 Å². The first-order chi connectivity index (χ1) is 9.95. The summed E-state index contributed by atoms with van der Waals surface area (Å²) in [6, 6.07) is 4.79. The van der Waals surface area contributed by atoms with Crippen LogP contribution in [0.2, 0.25) is 5.02 Å². The molecule has 1 saturated carbocycles. The zero-order chi connectivity index (χ0) is 15.1. The fourth-order valence-corrected chi connectivity index (χ4v) is 2.54. The molecular formula is C16H15ClO4. The van der Waals surface area contributed by atoms with E-state index in [0.717, 1.165) is 12.0 Å². The average molecular weight is 307 g/mol. The van der Waals surface area contributed by atoms with Gasteiger partial charge in [0.2, 0.25) is 0 Å². The summed E-state index contributed by atoms with van der Waals surface area (Å²) < 4.78 is 10.5. The summed E-state index contributed by atoms with van der Waals surface area (Å²) in [6.07, 6.45) is 0.877. The lowest BCUT2D eigenvalue weighted by Gasteiger charge is -2.08. The van der Waals surface area contributed by atoms with E-state index in [1.54, 1.807) is 12.1 Å². The third-order valence-corrected chi connectivity index (χ3v) is 4.30. The van der Waals surface area contributed by atoms with Crippen molar-refractivity contribution in [2.75, 3.05) is 0 Å². The normalized spacial score (nSPS) is 20.5. The Morgan fingerprint density at radius 1 is 1.43 bits per heavy atom. The van der Waals surface area contributed by atoms with Crippen LogP contribution in [0.1, 0.15) is 24.5 Å². The molecule has 1 aliphatic rings. The fraction of sp³-hybridized carbons (Fsp3) is 0.375. The monoisotopic (exact) mass is 306 g/mol. The molecule has 0 unspecified atom stereocenters. The number of aryl methyl sites for hydroxylation is 1. The van der Waals surface area contributed by atoms with Gasteiger partial charge in [0, 0.05) is 22.0 Å². The molecule has 0 amide bonds. The van der Waals surface area contributed by atoms with Gasteiger partial charge in [0.05, 0.1) is 5.92 Å². The Balaban J connectivity index is 1.92. The van der Waals surface area contributed by atoms with Gasteiger partial charge in [-0.1, -0.05) is 18.5 Å². The maximum absolute atomic E-state index is 11.8. The van der Waals surface area contributed by atoms with Crippen molar-refractivity contribution in [2.24, 2.45) is 11.8 Å². The Labute approximate surface area is 126 Å². The first-order valence-electron chi connectivity index (χ1n) is 6.85. The quantitative estimate of drug-likeness (QED) is 0.644. The topological polar surface area (TPSA) is 56.5 Å². The number of fused-ring (bicyclic) bond motifs is 1. The van der Waals surface area contributed by atoms with E-state index in [1.807, 2.05) is 13.8 Å². The Morgan fingerprint density at radius 2 is 2.14 bits per heavy atom. The van der Waals surface area contributed by atoms with Gasteiger partial charge in [0.25, 0.3) is 0 Å². The summed E-state index contributed by atoms with van der Waals surface area (Å²) in [6.45, 7) is 3.91. The van der Waals surface area contributed by atoms with Crippen LogP contribution < -0.4 is 5.63 Å². The van der Waals surface area contributed by atoms with Gasteiger partial charge >= 0.3 is 11.6 Å². The van der Waals surface area contributed by atoms with Crippen molar-refractivity contribution in [2.45, 2.75) is 26.9 Å². The second-order valence-corrected chi connectivity index (χ2v) is 6.02. The molecule has 0 bridgehead atoms. The number of rotatable bonds is 3. The molecule has 1 aliphatic carbocycles. The Morgan fingerprint density at radius 3 is 2.81 bits per heavy atom. The Hall–Kier alpha value is -1.81. The first-order valence-corrected chi connectivity index (χ1v) is 7.23. The summed E-state index contributed by atoms with van der Waals surface area (Å²) >= 11 is 6.11. The van der Waals surface area contributed by atoms with Gasteiger partial charge in [0.15, 0.2) is 0 Å². The second kappa shape index (κ2) is 5.19. The van der Waals surface area contributed by atoms with Crippen molar-refractivity contribution in [1.29, 1.82) is 0 Å². The molecule has 0 saturated heterocycles. The minimum Gasteiger partial charge on any atom is -0.461 e. The highest BCUT2D eigenvalue weighted by molar-refractivity contribution is 6.32. The lowest BCUT2D eigenvalue weighted by molar-refractivity contribution is -0.146. The highest BCUT2D eigenvalue weighted by Gasteiger charge is 2.40. The maximum atomic E-state index is 11.8. The molecule has 21 heavy (non-hydrogen) atoms. The highest BCUT2D eigenvalue weighted by atomic mass is 35.5. The summed E-state index contributed by atoms with van der Waals surface area (Å²) in [5, 5.41) is 1.28. The summed E-state index contributed by atoms with van der Waals surface area (Å²) in [5.74, 6) is 0.191. The van der Waals surface area contributed by atoms with Gasteiger partial charge in [-0.05, 0) is 37.0 Å². The zero-order valence-electron chi connectivity index (χ0n) is 11.8. The van der Waals surface area contributed by atoms with Crippen molar-refractivity contribution in [3.63, 3.8) is 0 Å². The molecule has 2 aromatic rings. The Bertz CT molecular complexity index is 778. The molecule has 5 heteroatoms. The molecule has 1 aromatic carbocycles. The van der Waals surface area contributed by atoms with Crippen LogP contribution in [0.5, 0.6) is 0 Å². The SMILES string of the molecule is Cc1cc2oc(=O)cc(COC(=O)[C@H]3C[C@@H]3C)c2cc1Cl. The number of halogens is 1. The largest absolute Gasteiger partial charge is 0.461 e. The molecule has 4 nitrogen and oxygen atoms in total. The van der Waals surface area contributed by atoms with Crippen LogP contribution in [0, 0.1) is 18.8 Å². The average Bonchev–Trinajstić information content (AvgIpc) is 3.15. The summed E-state index contributed by atoms with van der Waals surface area (Å²) in [5.41, 5.74) is 1.43. The van der Waals surface area contributed by atoms with E-state index in [0.29, 0.717) is 27.5 Å². The lowest BCUT2D eigenvalue weighted by atomic mass is 10.1. The predicted octanol–water partition coefficient (Wildman–Crippen LogP) is 3.45. The standard InChI is InChI=1S/C16H15ClO4/c1-8-3-11(8)16(19)20-7-10-5-15(18)21-14-4-9(2)13(17)6-12(10)14/h4-6,8,11H,3,7H2,1-2H3/t8-,11-/m0/s1. The van der Waals surface area contributed by atoms with Crippen LogP contribution in [-0.4, -0.2) is 5.97 Å². The molecule has 0 aliphatic heterocycles. The minimum atomic E-state index is -0.463. The molecule has 0 radical (unpaired) electrons. The summed E-state index contributed by atoms with van der Waals surface area (Å²) in [4.78, 5) is 23.4. The van der Waals surface area contributed by atoms with E-state index in [1.165, 1.54) is 6.07 Å². The van der Waals surface area contributed by atoms with E-state index >= 15 is 0 Å². The zero-order valence-corrected chi connectivity index (χ0v) is 12.6. The van der Waals surface area contributed by atoms with Gasteiger partial charge < -0.3 is 9.15 Å². The van der Waals surface area contributed by atoms with Crippen LogP contribution >= 0.6 is 11.6 Å². The van der Waals surface area contributed by atoms with Gasteiger partial charge in [-0.2, -0.15) is 0 Å². The van der Waals surface area contributed by atoms with Crippen LogP contribution in [0.25, 0.3) is 11.0 Å². The van der Waals surface area contributed by atoms with E-state index < -0.39 is 5.63 Å². The number of ether oxygens (including phenoxy) is 1. The second-order valence-electron chi connectivity index (χ2n) is 5.62. The summed E-state index contributed by atoms with van der Waals surface area (Å²) in [7, 11) is 0. The van der Waals surface area contributed by atoms with Gasteiger partial charge in [0.1, 0.15) is 12.2 Å². The van der Waals surface area contributed by atoms with Crippen molar-refractivity contribution in [3.8, 4) is 0 Å². The molecule has 3 rings (SSSR count). The molecular weight excluding hydrogens is 292 g/mol. The number of carbonyl (C=O) groups is 1. The Kier molecular flexibility index (Phi) is 3.49. The van der Waals surface area contributed by atoms with Gasteiger partial charge in [-0.15, -0.1) is 0 Å². The van der Waals surface area contributed by atoms with Crippen LogP contribution in [0.4, 0.5) is 0 Å². The van der Waals surface area contributed by atoms with E-state index in [4.69, 9.17) is 20.8 Å². The minimum absolute atomic E-state index is 0.00205. The molecule has 0 spiro atoms. The number of esters is 1. The lowest BCUT2D eigenvalue weighted by Crippen LogP contribution is -2.09. The van der Waals surface area contributed by atoms with Crippen molar-refractivity contribution < 1.29 is 13.9 Å². The smallest absolute Gasteiger partial charge is 0.336 e. The molecule has 1 heterocycles. The molecule has 1 aromatic heterocycles. The highest BCUT2D eigenvalue weighted by Crippen LogP contribution is 2.38. The molecule has 110 valence electrons. The molecule has 2 atom stereocenters. The van der Waals surface area contributed by atoms with Crippen molar-refractivity contribution in [3.05, 3.63) is 44.8 Å². The van der Waals surface area contributed by atoms with Gasteiger partial charge in [-0.25, -0.2) is 4.79 Å². The molecule has 1 fully saturated rings. The number of hydrogen-bond donors (Lipinski definition) is 0. The number of benzene rings is 1. The third kappa shape index (κ3) is 2.81. The predicted molar refractivity (Wildman–Crippen MR) is 79.3 cm³/mol. The number of carbonyl (C=O) groups excluding carboxylic acids is 1. The van der Waals surface area contributed by atoms with E-state index in [2.05, 4.69) is 0 Å². The van der Waals surface area contributed by atoms with Crippen molar-refractivity contribution >= 4 is 28.5 Å². The van der Waals surface area contributed by atoms with Crippen molar-refractivity contribution in [1.82, 2.24) is 0 Å². The van der Waals surface area contributed by atoms with Gasteiger partial charge in [-0.3, -0.25) is 4.79 Å². The first kappa shape index (κ1) is 14.1. The van der Waals surface area contributed by atoms with E-state index in [-0.39, 0.29) is 18.5 Å². The van der Waals surface area contributed by atoms with Crippen LogP contribution in [0.15, 0.2) is 27.4 Å². The number of hydrogen-bond acceptors (Lipinski definition) is 4. The maximum Gasteiger partial charge on any atom is 0.336 e. The molecule has 0 N–H and O–H groups in total. The van der Waals surface area contributed by atoms with Crippen LogP contribution in [0.3, 0.4) is 0 Å². The third-order valence-electron chi connectivity index (χ3n) is 3.89. The van der Waals surface area contributed by atoms with Crippen LogP contribution in [-0.2, 0) is 16.1 Å². The fourth-order valence-electron chi connectivity index (χ4n) is 2.37.